The van der Waals surface area contributed by atoms with Crippen LogP contribution in [0.1, 0.15) is 11.3 Å². The van der Waals surface area contributed by atoms with Gasteiger partial charge in [-0.2, -0.15) is 0 Å². The lowest BCUT2D eigenvalue weighted by Gasteiger charge is -1.96. The minimum absolute atomic E-state index is 0.209. The van der Waals surface area contributed by atoms with Crippen molar-refractivity contribution in [3.63, 3.8) is 0 Å². The Balaban J connectivity index is 2.52. The Morgan fingerprint density at radius 3 is 2.92 bits per heavy atom. The zero-order chi connectivity index (χ0) is 8.97. The Kier molecular flexibility index (Phi) is 3.91. The van der Waals surface area contributed by atoms with Gasteiger partial charge in [0.2, 0.25) is 0 Å². The predicted molar refractivity (Wildman–Crippen MR) is 54.4 cm³/mol. The summed E-state index contributed by atoms with van der Waals surface area (Å²) in [7, 11) is 0. The van der Waals surface area contributed by atoms with Gasteiger partial charge in [-0.05, 0) is 33.9 Å². The highest BCUT2D eigenvalue weighted by Crippen LogP contribution is 2.23. The Morgan fingerprint density at radius 2 is 2.42 bits per heavy atom. The lowest BCUT2D eigenvalue weighted by atomic mass is 10.2. The van der Waals surface area contributed by atoms with E-state index in [-0.39, 0.29) is 5.78 Å². The molecule has 1 rings (SSSR count). The van der Waals surface area contributed by atoms with Gasteiger partial charge in [-0.25, -0.2) is 0 Å². The minimum Gasteiger partial charge on any atom is -0.330 e. The van der Waals surface area contributed by atoms with E-state index in [2.05, 4.69) is 15.9 Å². The molecule has 4 heteroatoms. The van der Waals surface area contributed by atoms with Crippen LogP contribution >= 0.6 is 27.3 Å². The zero-order valence-electron chi connectivity index (χ0n) is 6.55. The predicted octanol–water partition coefficient (Wildman–Crippen LogP) is 1.97. The molecule has 66 valence electrons. The standard InChI is InChI=1S/C8H10BrNOS/c9-7-2-4-12-8(7)5-6(11)1-3-10/h2,4H,1,3,5,10H2. The van der Waals surface area contributed by atoms with Gasteiger partial charge < -0.3 is 5.73 Å². The van der Waals surface area contributed by atoms with Crippen LogP contribution in [0, 0.1) is 0 Å². The SMILES string of the molecule is NCCC(=O)Cc1sccc1Br. The van der Waals surface area contributed by atoms with E-state index in [0.717, 1.165) is 9.35 Å². The summed E-state index contributed by atoms with van der Waals surface area (Å²) in [5.41, 5.74) is 5.27. The number of rotatable bonds is 4. The topological polar surface area (TPSA) is 43.1 Å². The summed E-state index contributed by atoms with van der Waals surface area (Å²) in [5, 5.41) is 1.97. The van der Waals surface area contributed by atoms with Crippen molar-refractivity contribution in [3.8, 4) is 0 Å². The van der Waals surface area contributed by atoms with Crippen molar-refractivity contribution in [2.75, 3.05) is 6.54 Å². The van der Waals surface area contributed by atoms with E-state index in [1.165, 1.54) is 0 Å². The van der Waals surface area contributed by atoms with E-state index in [9.17, 15) is 4.79 Å². The Labute approximate surface area is 83.9 Å². The molecule has 0 saturated carbocycles. The number of carbonyl (C=O) groups is 1. The first-order chi connectivity index (χ1) is 5.74. The van der Waals surface area contributed by atoms with E-state index in [0.29, 0.717) is 19.4 Å². The van der Waals surface area contributed by atoms with Crippen LogP contribution in [-0.4, -0.2) is 12.3 Å². The maximum Gasteiger partial charge on any atom is 0.139 e. The summed E-state index contributed by atoms with van der Waals surface area (Å²) in [4.78, 5) is 12.3. The molecular formula is C8H10BrNOS. The summed E-state index contributed by atoms with van der Waals surface area (Å²) >= 11 is 4.97. The quantitative estimate of drug-likeness (QED) is 0.885. The van der Waals surface area contributed by atoms with Crippen LogP contribution in [0.25, 0.3) is 0 Å². The van der Waals surface area contributed by atoms with E-state index < -0.39 is 0 Å². The second kappa shape index (κ2) is 4.74. The molecule has 0 radical (unpaired) electrons. The third-order valence-electron chi connectivity index (χ3n) is 1.47. The summed E-state index contributed by atoms with van der Waals surface area (Å²) in [6.07, 6.45) is 0.986. The van der Waals surface area contributed by atoms with Crippen LogP contribution in [0.15, 0.2) is 15.9 Å². The monoisotopic (exact) mass is 247 g/mol. The van der Waals surface area contributed by atoms with Gasteiger partial charge in [0.05, 0.1) is 0 Å². The molecule has 0 atom stereocenters. The fourth-order valence-electron chi connectivity index (χ4n) is 0.880. The summed E-state index contributed by atoms with van der Waals surface area (Å²) in [6, 6.07) is 1.95. The molecule has 1 aromatic rings. The smallest absolute Gasteiger partial charge is 0.139 e. The molecule has 12 heavy (non-hydrogen) atoms. The molecule has 0 aliphatic carbocycles. The van der Waals surface area contributed by atoms with E-state index >= 15 is 0 Å². The second-order valence-electron chi connectivity index (χ2n) is 2.45. The molecule has 1 aromatic heterocycles. The fraction of sp³-hybridized carbons (Fsp3) is 0.375. The van der Waals surface area contributed by atoms with Crippen LogP contribution in [0.4, 0.5) is 0 Å². The number of nitrogens with two attached hydrogens (primary N) is 1. The first-order valence-corrected chi connectivity index (χ1v) is 5.35. The molecule has 0 spiro atoms. The second-order valence-corrected chi connectivity index (χ2v) is 4.30. The number of hydrogen-bond acceptors (Lipinski definition) is 3. The van der Waals surface area contributed by atoms with Crippen molar-refractivity contribution in [1.82, 2.24) is 0 Å². The van der Waals surface area contributed by atoms with Crippen molar-refractivity contribution < 1.29 is 4.79 Å². The van der Waals surface area contributed by atoms with Crippen molar-refractivity contribution in [3.05, 3.63) is 20.8 Å². The van der Waals surface area contributed by atoms with E-state index in [1.54, 1.807) is 11.3 Å². The molecule has 2 nitrogen and oxygen atoms in total. The van der Waals surface area contributed by atoms with Gasteiger partial charge in [-0.1, -0.05) is 0 Å². The average Bonchev–Trinajstić information content (AvgIpc) is 2.37. The van der Waals surface area contributed by atoms with E-state index in [1.807, 2.05) is 11.4 Å². The van der Waals surface area contributed by atoms with Crippen molar-refractivity contribution in [2.45, 2.75) is 12.8 Å². The van der Waals surface area contributed by atoms with Crippen LogP contribution in [0.5, 0.6) is 0 Å². The molecule has 0 fully saturated rings. The normalized spacial score (nSPS) is 10.2. The zero-order valence-corrected chi connectivity index (χ0v) is 8.95. The molecular weight excluding hydrogens is 238 g/mol. The number of carbonyl (C=O) groups excluding carboxylic acids is 1. The highest BCUT2D eigenvalue weighted by molar-refractivity contribution is 9.10. The Hall–Kier alpha value is -0.190. The molecule has 0 aromatic carbocycles. The molecule has 0 unspecified atom stereocenters. The summed E-state index contributed by atoms with van der Waals surface area (Å²) in [5.74, 6) is 0.209. The molecule has 0 bridgehead atoms. The van der Waals surface area contributed by atoms with Gasteiger partial charge in [0.25, 0.3) is 0 Å². The molecule has 0 aliphatic heterocycles. The Morgan fingerprint density at radius 1 is 1.67 bits per heavy atom. The van der Waals surface area contributed by atoms with Crippen molar-refractivity contribution in [1.29, 1.82) is 0 Å². The largest absolute Gasteiger partial charge is 0.330 e. The molecule has 0 saturated heterocycles. The number of ketones is 1. The molecule has 1 heterocycles. The molecule has 0 amide bonds. The van der Waals surface area contributed by atoms with Crippen LogP contribution in [0.3, 0.4) is 0 Å². The van der Waals surface area contributed by atoms with Crippen molar-refractivity contribution in [2.24, 2.45) is 5.73 Å². The number of hydrogen-bond donors (Lipinski definition) is 1. The van der Waals surface area contributed by atoms with Crippen LogP contribution < -0.4 is 5.73 Å². The number of thiophene rings is 1. The average molecular weight is 248 g/mol. The maximum absolute atomic E-state index is 11.2. The van der Waals surface area contributed by atoms with Crippen LogP contribution in [-0.2, 0) is 11.2 Å². The van der Waals surface area contributed by atoms with Gasteiger partial charge in [0.15, 0.2) is 0 Å². The lowest BCUT2D eigenvalue weighted by Crippen LogP contribution is -2.09. The molecule has 0 aliphatic rings. The first kappa shape index (κ1) is 9.89. The van der Waals surface area contributed by atoms with Gasteiger partial charge in [0, 0.05) is 22.2 Å². The number of Topliss-reactive ketones (excluding diaryl/α,β-unsaturated/α-hetero) is 1. The summed E-state index contributed by atoms with van der Waals surface area (Å²) in [6.45, 7) is 0.446. The first-order valence-electron chi connectivity index (χ1n) is 3.67. The van der Waals surface area contributed by atoms with Gasteiger partial charge >= 0.3 is 0 Å². The van der Waals surface area contributed by atoms with Gasteiger partial charge in [-0.15, -0.1) is 11.3 Å². The fourth-order valence-corrected chi connectivity index (χ4v) is 2.40. The highest BCUT2D eigenvalue weighted by Gasteiger charge is 2.06. The summed E-state index contributed by atoms with van der Waals surface area (Å²) < 4.78 is 1.03. The third-order valence-corrected chi connectivity index (χ3v) is 3.40. The van der Waals surface area contributed by atoms with Crippen LogP contribution in [0.2, 0.25) is 0 Å². The third kappa shape index (κ3) is 2.69. The highest BCUT2D eigenvalue weighted by atomic mass is 79.9. The maximum atomic E-state index is 11.2. The van der Waals surface area contributed by atoms with Gasteiger partial charge in [-0.3, -0.25) is 4.79 Å². The minimum atomic E-state index is 0.209. The Bertz CT molecular complexity index is 272. The number of halogens is 1. The molecule has 2 N–H and O–H groups in total. The van der Waals surface area contributed by atoms with E-state index in [4.69, 9.17) is 5.73 Å². The van der Waals surface area contributed by atoms with Crippen molar-refractivity contribution >= 4 is 33.0 Å². The van der Waals surface area contributed by atoms with Gasteiger partial charge in [0.1, 0.15) is 5.78 Å². The lowest BCUT2D eigenvalue weighted by molar-refractivity contribution is -0.118.